The number of aliphatic hydroxyl groups is 1. The number of imidazole rings is 1. The Balaban J connectivity index is 1.46. The number of carbonyl (C=O) groups excluding carboxylic acids is 1. The quantitative estimate of drug-likeness (QED) is 0.816. The molecule has 1 saturated heterocycles. The summed E-state index contributed by atoms with van der Waals surface area (Å²) in [7, 11) is 1.76. The maximum absolute atomic E-state index is 12.3. The van der Waals surface area contributed by atoms with Gasteiger partial charge in [-0.2, -0.15) is 0 Å². The van der Waals surface area contributed by atoms with Crippen LogP contribution < -0.4 is 4.90 Å². The van der Waals surface area contributed by atoms with Crippen LogP contribution in [-0.2, 0) is 11.3 Å². The number of pyridine rings is 1. The SMILES string of the molecule is CN(C[C@]1(O)CCN(c2ccccn2)C1)C(=O)CCCn1ccnc1. The molecule has 25 heavy (non-hydrogen) atoms. The molecule has 0 radical (unpaired) electrons. The lowest BCUT2D eigenvalue weighted by molar-refractivity contribution is -0.132. The van der Waals surface area contributed by atoms with E-state index in [0.717, 1.165) is 25.3 Å². The van der Waals surface area contributed by atoms with Crippen LogP contribution in [0.15, 0.2) is 43.1 Å². The van der Waals surface area contributed by atoms with Gasteiger partial charge in [0.1, 0.15) is 11.4 Å². The molecule has 1 aliphatic heterocycles. The highest BCUT2D eigenvalue weighted by Crippen LogP contribution is 2.26. The molecule has 1 atom stereocenters. The van der Waals surface area contributed by atoms with Gasteiger partial charge in [-0.3, -0.25) is 4.79 Å². The van der Waals surface area contributed by atoms with Crippen molar-refractivity contribution in [2.24, 2.45) is 0 Å². The zero-order valence-corrected chi connectivity index (χ0v) is 14.6. The number of carbonyl (C=O) groups is 1. The molecule has 7 nitrogen and oxygen atoms in total. The Morgan fingerprint density at radius 1 is 1.40 bits per heavy atom. The van der Waals surface area contributed by atoms with Crippen molar-refractivity contribution in [3.63, 3.8) is 0 Å². The third-order valence-electron chi connectivity index (χ3n) is 4.63. The van der Waals surface area contributed by atoms with Crippen molar-refractivity contribution >= 4 is 11.7 Å². The van der Waals surface area contributed by atoms with Crippen LogP contribution in [0.5, 0.6) is 0 Å². The number of hydrogen-bond donors (Lipinski definition) is 1. The Hall–Kier alpha value is -2.41. The summed E-state index contributed by atoms with van der Waals surface area (Å²) in [6.45, 7) is 2.37. The van der Waals surface area contributed by atoms with Crippen molar-refractivity contribution in [3.05, 3.63) is 43.1 Å². The topological polar surface area (TPSA) is 74.5 Å². The molecule has 0 saturated carbocycles. The van der Waals surface area contributed by atoms with Crippen LogP contribution in [-0.4, -0.2) is 62.7 Å². The number of amides is 1. The molecule has 0 aromatic carbocycles. The summed E-state index contributed by atoms with van der Waals surface area (Å²) in [5.41, 5.74) is -0.883. The van der Waals surface area contributed by atoms with E-state index in [1.54, 1.807) is 30.7 Å². The van der Waals surface area contributed by atoms with E-state index in [9.17, 15) is 9.90 Å². The first-order chi connectivity index (χ1) is 12.1. The van der Waals surface area contributed by atoms with Gasteiger partial charge in [0, 0.05) is 51.7 Å². The van der Waals surface area contributed by atoms with Crippen molar-refractivity contribution in [2.75, 3.05) is 31.6 Å². The molecule has 7 heteroatoms. The fourth-order valence-corrected chi connectivity index (χ4v) is 3.27. The number of aryl methyl sites for hydroxylation is 1. The Morgan fingerprint density at radius 3 is 3.00 bits per heavy atom. The molecule has 2 aromatic rings. The Kier molecular flexibility index (Phi) is 5.33. The van der Waals surface area contributed by atoms with E-state index in [-0.39, 0.29) is 5.91 Å². The Labute approximate surface area is 147 Å². The van der Waals surface area contributed by atoms with Gasteiger partial charge in [0.2, 0.25) is 5.91 Å². The highest BCUT2D eigenvalue weighted by Gasteiger charge is 2.38. The average Bonchev–Trinajstić information content (AvgIpc) is 3.25. The first-order valence-corrected chi connectivity index (χ1v) is 8.64. The minimum absolute atomic E-state index is 0.0600. The summed E-state index contributed by atoms with van der Waals surface area (Å²) in [5.74, 6) is 0.928. The highest BCUT2D eigenvalue weighted by atomic mass is 16.3. The van der Waals surface area contributed by atoms with Crippen LogP contribution >= 0.6 is 0 Å². The van der Waals surface area contributed by atoms with Gasteiger partial charge in [0.05, 0.1) is 12.9 Å². The summed E-state index contributed by atoms with van der Waals surface area (Å²) in [5, 5.41) is 10.8. The van der Waals surface area contributed by atoms with E-state index < -0.39 is 5.60 Å². The van der Waals surface area contributed by atoms with Crippen molar-refractivity contribution in [2.45, 2.75) is 31.4 Å². The number of hydrogen-bond acceptors (Lipinski definition) is 5. The Bertz CT molecular complexity index is 676. The average molecular weight is 343 g/mol. The van der Waals surface area contributed by atoms with Gasteiger partial charge in [0.15, 0.2) is 0 Å². The first kappa shape index (κ1) is 17.4. The summed E-state index contributed by atoms with van der Waals surface area (Å²) >= 11 is 0. The second-order valence-corrected chi connectivity index (χ2v) is 6.74. The van der Waals surface area contributed by atoms with Gasteiger partial charge < -0.3 is 19.5 Å². The molecule has 134 valence electrons. The molecular weight excluding hydrogens is 318 g/mol. The van der Waals surface area contributed by atoms with Crippen molar-refractivity contribution in [1.82, 2.24) is 19.4 Å². The van der Waals surface area contributed by atoms with Gasteiger partial charge in [-0.25, -0.2) is 9.97 Å². The predicted molar refractivity (Wildman–Crippen MR) is 95.1 cm³/mol. The number of aromatic nitrogens is 3. The fourth-order valence-electron chi connectivity index (χ4n) is 3.27. The van der Waals surface area contributed by atoms with Gasteiger partial charge in [-0.15, -0.1) is 0 Å². The first-order valence-electron chi connectivity index (χ1n) is 8.64. The zero-order valence-electron chi connectivity index (χ0n) is 14.6. The van der Waals surface area contributed by atoms with Crippen LogP contribution in [0.2, 0.25) is 0 Å². The van der Waals surface area contributed by atoms with Crippen LogP contribution in [0.3, 0.4) is 0 Å². The van der Waals surface area contributed by atoms with E-state index in [0.29, 0.717) is 25.9 Å². The second-order valence-electron chi connectivity index (χ2n) is 6.74. The number of nitrogens with zero attached hydrogens (tertiary/aromatic N) is 5. The number of likely N-dealkylation sites (N-methyl/N-ethyl adjacent to an activating group) is 1. The van der Waals surface area contributed by atoms with Gasteiger partial charge in [0.25, 0.3) is 0 Å². The molecule has 1 amide bonds. The second kappa shape index (κ2) is 7.65. The maximum Gasteiger partial charge on any atom is 0.222 e. The van der Waals surface area contributed by atoms with Gasteiger partial charge in [-0.05, 0) is 25.0 Å². The minimum atomic E-state index is -0.883. The largest absolute Gasteiger partial charge is 0.386 e. The molecule has 2 aromatic heterocycles. The molecule has 3 rings (SSSR count). The summed E-state index contributed by atoms with van der Waals surface area (Å²) in [4.78, 5) is 24.4. The van der Waals surface area contributed by atoms with Crippen LogP contribution in [0, 0.1) is 0 Å². The molecule has 0 bridgehead atoms. The normalized spacial score (nSPS) is 20.0. The van der Waals surface area contributed by atoms with Crippen molar-refractivity contribution < 1.29 is 9.90 Å². The summed E-state index contributed by atoms with van der Waals surface area (Å²) in [6.07, 6.45) is 8.99. The molecule has 0 spiro atoms. The van der Waals surface area contributed by atoms with Crippen LogP contribution in [0.25, 0.3) is 0 Å². The van der Waals surface area contributed by atoms with Crippen molar-refractivity contribution in [3.8, 4) is 0 Å². The zero-order chi connectivity index (χ0) is 17.7. The molecule has 0 unspecified atom stereocenters. The lowest BCUT2D eigenvalue weighted by Crippen LogP contribution is -2.45. The van der Waals surface area contributed by atoms with Gasteiger partial charge >= 0.3 is 0 Å². The summed E-state index contributed by atoms with van der Waals surface area (Å²) in [6, 6.07) is 5.76. The molecule has 3 heterocycles. The lowest BCUT2D eigenvalue weighted by Gasteiger charge is -2.29. The number of anilines is 1. The van der Waals surface area contributed by atoms with E-state index >= 15 is 0 Å². The third kappa shape index (κ3) is 4.57. The predicted octanol–water partition coefficient (Wildman–Crippen LogP) is 1.16. The molecular formula is C18H25N5O2. The monoisotopic (exact) mass is 343 g/mol. The lowest BCUT2D eigenvalue weighted by atomic mass is 10.0. The van der Waals surface area contributed by atoms with Crippen LogP contribution in [0.1, 0.15) is 19.3 Å². The maximum atomic E-state index is 12.3. The number of rotatable bonds is 7. The highest BCUT2D eigenvalue weighted by molar-refractivity contribution is 5.75. The minimum Gasteiger partial charge on any atom is -0.386 e. The summed E-state index contributed by atoms with van der Waals surface area (Å²) < 4.78 is 1.96. The fraction of sp³-hybridized carbons (Fsp3) is 0.500. The van der Waals surface area contributed by atoms with Crippen LogP contribution in [0.4, 0.5) is 5.82 Å². The number of β-amino-alcohol motifs (C(OH)–C–C–N with tert-alkyl or cyclic N) is 1. The van der Waals surface area contributed by atoms with E-state index in [4.69, 9.17) is 0 Å². The molecule has 1 N–H and O–H groups in total. The van der Waals surface area contributed by atoms with E-state index in [1.807, 2.05) is 29.0 Å². The molecule has 1 fully saturated rings. The third-order valence-corrected chi connectivity index (χ3v) is 4.63. The van der Waals surface area contributed by atoms with E-state index in [2.05, 4.69) is 14.9 Å². The smallest absolute Gasteiger partial charge is 0.222 e. The standard InChI is InChI=1S/C18H25N5O2/c1-21(17(24)6-4-10-22-12-9-19-15-22)13-18(25)7-11-23(14-18)16-5-2-3-8-20-16/h2-3,5,8-9,12,15,25H,4,6-7,10-11,13-14H2,1H3/t18-/m1/s1. The van der Waals surface area contributed by atoms with E-state index in [1.165, 1.54) is 0 Å². The van der Waals surface area contributed by atoms with Crippen molar-refractivity contribution in [1.29, 1.82) is 0 Å². The molecule has 1 aliphatic rings. The Morgan fingerprint density at radius 2 is 2.28 bits per heavy atom. The molecule has 0 aliphatic carbocycles. The van der Waals surface area contributed by atoms with Gasteiger partial charge in [-0.1, -0.05) is 6.07 Å².